The zero-order valence-electron chi connectivity index (χ0n) is 11.8. The Labute approximate surface area is 148 Å². The normalized spacial score (nSPS) is 10.4. The second kappa shape index (κ2) is 7.68. The van der Waals surface area contributed by atoms with Crippen molar-refractivity contribution in [2.24, 2.45) is 0 Å². The number of rotatable bonds is 5. The van der Waals surface area contributed by atoms with E-state index in [1.54, 1.807) is 24.3 Å². The third-order valence-corrected chi connectivity index (χ3v) is 3.87. The van der Waals surface area contributed by atoms with Crippen LogP contribution < -0.4 is 5.32 Å². The number of carbonyl (C=O) groups excluding carboxylic acids is 2. The molecule has 0 radical (unpaired) electrons. The number of ketones is 1. The first-order valence-electron chi connectivity index (χ1n) is 6.63. The van der Waals surface area contributed by atoms with Crippen LogP contribution in [0.5, 0.6) is 5.75 Å². The number of phenolic OH excluding ortho intramolecular Hbond substituents is 1. The van der Waals surface area contributed by atoms with Gasteiger partial charge in [-0.05, 0) is 36.4 Å². The van der Waals surface area contributed by atoms with Crippen LogP contribution in [0, 0.1) is 0 Å². The molecule has 0 spiro atoms. The molecular weight excluding hydrogens is 361 g/mol. The number of benzene rings is 2. The minimum absolute atomic E-state index is 0.0115. The third kappa shape index (κ3) is 4.86. The van der Waals surface area contributed by atoms with Gasteiger partial charge in [-0.1, -0.05) is 34.8 Å². The zero-order valence-corrected chi connectivity index (χ0v) is 14.0. The molecule has 2 aromatic rings. The number of carbonyl (C=O) groups is 2. The summed E-state index contributed by atoms with van der Waals surface area (Å²) in [6.07, 6.45) is 0.0740. The Kier molecular flexibility index (Phi) is 5.88. The van der Waals surface area contributed by atoms with Crippen molar-refractivity contribution in [1.29, 1.82) is 0 Å². The van der Waals surface area contributed by atoms with Crippen molar-refractivity contribution in [2.75, 3.05) is 5.32 Å². The predicted molar refractivity (Wildman–Crippen MR) is 91.8 cm³/mol. The average molecular weight is 373 g/mol. The van der Waals surface area contributed by atoms with Gasteiger partial charge in [0.2, 0.25) is 5.91 Å². The minimum atomic E-state index is -0.356. The molecule has 120 valence electrons. The van der Waals surface area contributed by atoms with E-state index >= 15 is 0 Å². The van der Waals surface area contributed by atoms with Crippen LogP contribution >= 0.6 is 34.8 Å². The predicted octanol–water partition coefficient (Wildman–Crippen LogP) is 4.95. The molecule has 0 bridgehead atoms. The van der Waals surface area contributed by atoms with Gasteiger partial charge < -0.3 is 10.4 Å². The summed E-state index contributed by atoms with van der Waals surface area (Å²) in [4.78, 5) is 23.8. The molecule has 0 aliphatic heterocycles. The molecule has 0 saturated heterocycles. The van der Waals surface area contributed by atoms with Crippen LogP contribution in [0.15, 0.2) is 36.4 Å². The Balaban J connectivity index is 1.92. The lowest BCUT2D eigenvalue weighted by atomic mass is 10.1. The van der Waals surface area contributed by atoms with Crippen LogP contribution in [0.2, 0.25) is 15.1 Å². The maximum absolute atomic E-state index is 12.0. The molecule has 2 rings (SSSR count). The highest BCUT2D eigenvalue weighted by atomic mass is 35.5. The van der Waals surface area contributed by atoms with Gasteiger partial charge in [-0.15, -0.1) is 0 Å². The van der Waals surface area contributed by atoms with E-state index in [1.165, 1.54) is 12.1 Å². The van der Waals surface area contributed by atoms with E-state index in [0.717, 1.165) is 0 Å². The Bertz CT molecular complexity index is 722. The van der Waals surface area contributed by atoms with E-state index in [4.69, 9.17) is 34.8 Å². The summed E-state index contributed by atoms with van der Waals surface area (Å²) in [6, 6.07) is 9.22. The van der Waals surface area contributed by atoms with Crippen LogP contribution in [-0.4, -0.2) is 16.8 Å². The summed E-state index contributed by atoms with van der Waals surface area (Å²) in [7, 11) is 0. The van der Waals surface area contributed by atoms with Gasteiger partial charge in [-0.25, -0.2) is 0 Å². The number of hydrogen-bond donors (Lipinski definition) is 2. The number of halogens is 3. The fourth-order valence-electron chi connectivity index (χ4n) is 1.87. The van der Waals surface area contributed by atoms with Crippen molar-refractivity contribution in [2.45, 2.75) is 12.8 Å². The maximum atomic E-state index is 12.0. The van der Waals surface area contributed by atoms with Gasteiger partial charge in [0.1, 0.15) is 0 Å². The van der Waals surface area contributed by atoms with Crippen LogP contribution in [0.4, 0.5) is 5.69 Å². The number of hydrogen-bond acceptors (Lipinski definition) is 3. The van der Waals surface area contributed by atoms with Crippen molar-refractivity contribution in [3.8, 4) is 5.75 Å². The van der Waals surface area contributed by atoms with Gasteiger partial charge in [-0.3, -0.25) is 9.59 Å². The first kappa shape index (κ1) is 17.6. The largest absolute Gasteiger partial charge is 0.505 e. The average Bonchev–Trinajstić information content (AvgIpc) is 2.51. The fourth-order valence-corrected chi connectivity index (χ4v) is 2.48. The summed E-state index contributed by atoms with van der Waals surface area (Å²) in [5.74, 6) is -0.757. The quantitative estimate of drug-likeness (QED) is 0.576. The highest BCUT2D eigenvalue weighted by molar-refractivity contribution is 6.37. The molecule has 2 aromatic carbocycles. The van der Waals surface area contributed by atoms with E-state index in [9.17, 15) is 14.7 Å². The van der Waals surface area contributed by atoms with Gasteiger partial charge in [0.15, 0.2) is 11.5 Å². The van der Waals surface area contributed by atoms with Crippen molar-refractivity contribution in [3.05, 3.63) is 57.0 Å². The molecule has 2 N–H and O–H groups in total. The fraction of sp³-hybridized carbons (Fsp3) is 0.125. The number of aromatic hydroxyl groups is 1. The number of phenols is 1. The van der Waals surface area contributed by atoms with Crippen molar-refractivity contribution in [1.82, 2.24) is 0 Å². The first-order chi connectivity index (χ1) is 10.9. The maximum Gasteiger partial charge on any atom is 0.224 e. The van der Waals surface area contributed by atoms with Crippen LogP contribution in [-0.2, 0) is 4.79 Å². The highest BCUT2D eigenvalue weighted by Gasteiger charge is 2.12. The molecule has 0 saturated carbocycles. The third-order valence-electron chi connectivity index (χ3n) is 3.05. The second-order valence-electron chi connectivity index (χ2n) is 4.77. The minimum Gasteiger partial charge on any atom is -0.505 e. The molecule has 0 unspecified atom stereocenters. The van der Waals surface area contributed by atoms with E-state index in [1.807, 2.05) is 0 Å². The lowest BCUT2D eigenvalue weighted by molar-refractivity contribution is -0.116. The van der Waals surface area contributed by atoms with Gasteiger partial charge in [-0.2, -0.15) is 0 Å². The second-order valence-corrected chi connectivity index (χ2v) is 6.02. The van der Waals surface area contributed by atoms with Gasteiger partial charge in [0, 0.05) is 29.1 Å². The summed E-state index contributed by atoms with van der Waals surface area (Å²) in [5, 5.41) is 12.6. The Hall–Kier alpha value is -1.75. The number of nitrogens with one attached hydrogen (secondary N) is 1. The van der Waals surface area contributed by atoms with Crippen LogP contribution in [0.3, 0.4) is 0 Å². The molecule has 0 atom stereocenters. The molecule has 0 aliphatic carbocycles. The monoisotopic (exact) mass is 371 g/mol. The molecule has 23 heavy (non-hydrogen) atoms. The zero-order chi connectivity index (χ0) is 17.0. The molecule has 7 heteroatoms. The topological polar surface area (TPSA) is 66.4 Å². The van der Waals surface area contributed by atoms with Crippen LogP contribution in [0.25, 0.3) is 0 Å². The molecule has 0 heterocycles. The SMILES string of the molecule is O=C(CCC(=O)c1ccc(Cl)cc1)Nc1cc(Cl)c(O)c(Cl)c1. The van der Waals surface area contributed by atoms with Crippen LogP contribution in [0.1, 0.15) is 23.2 Å². The number of Topliss-reactive ketones (excluding diaryl/α,β-unsaturated/α-hetero) is 1. The summed E-state index contributed by atoms with van der Waals surface area (Å²) in [6.45, 7) is 0. The lowest BCUT2D eigenvalue weighted by Gasteiger charge is -2.08. The summed E-state index contributed by atoms with van der Waals surface area (Å²) in [5.41, 5.74) is 0.847. The van der Waals surface area contributed by atoms with Crippen molar-refractivity contribution >= 4 is 52.2 Å². The van der Waals surface area contributed by atoms with Gasteiger partial charge in [0.05, 0.1) is 10.0 Å². The van der Waals surface area contributed by atoms with E-state index in [2.05, 4.69) is 5.32 Å². The van der Waals surface area contributed by atoms with Crippen molar-refractivity contribution < 1.29 is 14.7 Å². The Morgan fingerprint density at radius 2 is 1.52 bits per heavy atom. The molecule has 1 amide bonds. The molecular formula is C16H12Cl3NO3. The van der Waals surface area contributed by atoms with E-state index in [-0.39, 0.29) is 40.3 Å². The lowest BCUT2D eigenvalue weighted by Crippen LogP contribution is -2.13. The van der Waals surface area contributed by atoms with Gasteiger partial charge in [0.25, 0.3) is 0 Å². The number of anilines is 1. The summed E-state index contributed by atoms with van der Waals surface area (Å²) >= 11 is 17.3. The smallest absolute Gasteiger partial charge is 0.224 e. The van der Waals surface area contributed by atoms with E-state index in [0.29, 0.717) is 16.3 Å². The Morgan fingerprint density at radius 1 is 0.957 bits per heavy atom. The Morgan fingerprint density at radius 3 is 2.09 bits per heavy atom. The first-order valence-corrected chi connectivity index (χ1v) is 7.77. The summed E-state index contributed by atoms with van der Waals surface area (Å²) < 4.78 is 0. The number of amides is 1. The van der Waals surface area contributed by atoms with Crippen molar-refractivity contribution in [3.63, 3.8) is 0 Å². The standard InChI is InChI=1S/C16H12Cl3NO3/c17-10-3-1-9(2-4-10)14(21)5-6-15(22)20-11-7-12(18)16(23)13(19)8-11/h1-4,7-8,23H,5-6H2,(H,20,22). The molecule has 0 fully saturated rings. The molecule has 0 aromatic heterocycles. The highest BCUT2D eigenvalue weighted by Crippen LogP contribution is 2.34. The molecule has 0 aliphatic rings. The van der Waals surface area contributed by atoms with E-state index < -0.39 is 0 Å². The van der Waals surface area contributed by atoms with Gasteiger partial charge >= 0.3 is 0 Å². The molecule has 4 nitrogen and oxygen atoms in total.